The second-order valence-electron chi connectivity index (χ2n) is 10.7. The third kappa shape index (κ3) is 6.86. The van der Waals surface area contributed by atoms with Gasteiger partial charge in [0.25, 0.3) is 5.91 Å². The zero-order valence-corrected chi connectivity index (χ0v) is 22.3. The van der Waals surface area contributed by atoms with E-state index in [9.17, 15) is 27.9 Å². The number of rotatable bonds is 8. The van der Waals surface area contributed by atoms with Crippen molar-refractivity contribution in [3.05, 3.63) is 107 Å². The fraction of sp³-hybridized carbons (Fsp3) is 0.250. The standard InChI is InChI=1S/C32H29F3N2O4/c1-31(16-17-31)19-41-23-14-10-21(11-15-23)24(20-8-12-22(13-9-20)32(33,34)35)4-2-7-29(39)36-26-5-3-6-27-25(26)18-28(38)30(40)37-27/h2-15,28,38H,16-19H2,1H3,(H,36,39)(H,37,40)/b7-2+,24-4+. The summed E-state index contributed by atoms with van der Waals surface area (Å²) in [6.07, 6.45) is 1.16. The molecule has 1 fully saturated rings. The predicted octanol–water partition coefficient (Wildman–Crippen LogP) is 6.37. The Morgan fingerprint density at radius 1 is 1.07 bits per heavy atom. The van der Waals surface area contributed by atoms with Gasteiger partial charge in [-0.15, -0.1) is 0 Å². The van der Waals surface area contributed by atoms with Crippen LogP contribution in [0.5, 0.6) is 5.75 Å². The molecule has 1 atom stereocenters. The number of amides is 2. The van der Waals surface area contributed by atoms with E-state index in [4.69, 9.17) is 4.74 Å². The molecule has 0 spiro atoms. The van der Waals surface area contributed by atoms with E-state index in [1.807, 2.05) is 24.3 Å². The summed E-state index contributed by atoms with van der Waals surface area (Å²) in [5.41, 5.74) is 2.96. The lowest BCUT2D eigenvalue weighted by molar-refractivity contribution is -0.137. The van der Waals surface area contributed by atoms with Gasteiger partial charge in [-0.05, 0) is 65.9 Å². The van der Waals surface area contributed by atoms with Crippen molar-refractivity contribution < 1.29 is 32.6 Å². The number of aliphatic hydroxyl groups excluding tert-OH is 1. The Hall–Kier alpha value is -4.37. The molecule has 2 amide bonds. The first kappa shape index (κ1) is 28.2. The molecule has 1 unspecified atom stereocenters. The maximum Gasteiger partial charge on any atom is 0.416 e. The third-order valence-electron chi connectivity index (χ3n) is 7.28. The van der Waals surface area contributed by atoms with Crippen LogP contribution in [-0.2, 0) is 22.2 Å². The van der Waals surface area contributed by atoms with Gasteiger partial charge in [-0.25, -0.2) is 0 Å². The van der Waals surface area contributed by atoms with Crippen molar-refractivity contribution >= 4 is 28.8 Å². The van der Waals surface area contributed by atoms with Gasteiger partial charge in [0.15, 0.2) is 0 Å². The van der Waals surface area contributed by atoms with E-state index in [-0.39, 0.29) is 11.8 Å². The molecule has 9 heteroatoms. The van der Waals surface area contributed by atoms with Crippen molar-refractivity contribution in [2.24, 2.45) is 5.41 Å². The summed E-state index contributed by atoms with van der Waals surface area (Å²) in [6.45, 7) is 2.80. The van der Waals surface area contributed by atoms with E-state index in [0.29, 0.717) is 40.4 Å². The van der Waals surface area contributed by atoms with Gasteiger partial charge in [-0.1, -0.05) is 49.4 Å². The van der Waals surface area contributed by atoms with Crippen LogP contribution in [0.15, 0.2) is 85.0 Å². The van der Waals surface area contributed by atoms with Gasteiger partial charge >= 0.3 is 6.18 Å². The van der Waals surface area contributed by atoms with Crippen molar-refractivity contribution in [2.45, 2.75) is 38.5 Å². The van der Waals surface area contributed by atoms with Crippen molar-refractivity contribution in [2.75, 3.05) is 17.2 Å². The van der Waals surface area contributed by atoms with Crippen LogP contribution in [0.1, 0.15) is 42.0 Å². The molecular weight excluding hydrogens is 533 g/mol. The zero-order chi connectivity index (χ0) is 29.2. The highest BCUT2D eigenvalue weighted by Crippen LogP contribution is 2.45. The topological polar surface area (TPSA) is 87.7 Å². The number of aliphatic hydroxyl groups is 1. The zero-order valence-electron chi connectivity index (χ0n) is 22.3. The Balaban J connectivity index is 1.36. The van der Waals surface area contributed by atoms with Gasteiger partial charge in [0.05, 0.1) is 12.2 Å². The van der Waals surface area contributed by atoms with Gasteiger partial charge < -0.3 is 20.5 Å². The molecule has 3 N–H and O–H groups in total. The summed E-state index contributed by atoms with van der Waals surface area (Å²) < 4.78 is 45.3. The van der Waals surface area contributed by atoms with E-state index in [1.54, 1.807) is 24.3 Å². The van der Waals surface area contributed by atoms with Crippen molar-refractivity contribution in [3.63, 3.8) is 0 Å². The molecule has 0 saturated heterocycles. The highest BCUT2D eigenvalue weighted by molar-refractivity contribution is 6.03. The molecule has 212 valence electrons. The number of fused-ring (bicyclic) bond motifs is 1. The first-order chi connectivity index (χ1) is 19.5. The number of carbonyl (C=O) groups is 2. The lowest BCUT2D eigenvalue weighted by atomic mass is 9.96. The number of ether oxygens (including phenoxy) is 1. The van der Waals surface area contributed by atoms with Crippen molar-refractivity contribution in [1.29, 1.82) is 0 Å². The van der Waals surface area contributed by atoms with Gasteiger partial charge in [-0.2, -0.15) is 13.2 Å². The molecule has 0 radical (unpaired) electrons. The van der Waals surface area contributed by atoms with E-state index < -0.39 is 29.7 Å². The molecule has 5 rings (SSSR count). The van der Waals surface area contributed by atoms with Crippen molar-refractivity contribution in [3.8, 4) is 5.75 Å². The normalized spacial score (nSPS) is 18.0. The average Bonchev–Trinajstić information content (AvgIpc) is 3.68. The fourth-order valence-electron chi connectivity index (χ4n) is 4.49. The summed E-state index contributed by atoms with van der Waals surface area (Å²) >= 11 is 0. The lowest BCUT2D eigenvalue weighted by Gasteiger charge is -2.23. The average molecular weight is 563 g/mol. The van der Waals surface area contributed by atoms with Crippen LogP contribution in [0, 0.1) is 5.41 Å². The monoisotopic (exact) mass is 562 g/mol. The number of carbonyl (C=O) groups excluding carboxylic acids is 2. The quantitative estimate of drug-likeness (QED) is 0.220. The van der Waals surface area contributed by atoms with Gasteiger partial charge in [-0.3, -0.25) is 9.59 Å². The lowest BCUT2D eigenvalue weighted by Crippen LogP contribution is -2.34. The molecule has 1 saturated carbocycles. The van der Waals surface area contributed by atoms with E-state index in [1.165, 1.54) is 24.3 Å². The molecule has 0 bridgehead atoms. The van der Waals surface area contributed by atoms with Crippen molar-refractivity contribution in [1.82, 2.24) is 0 Å². The maximum atomic E-state index is 13.1. The molecule has 1 aliphatic heterocycles. The maximum absolute atomic E-state index is 13.1. The minimum Gasteiger partial charge on any atom is -0.493 e. The number of anilines is 2. The molecule has 41 heavy (non-hydrogen) atoms. The van der Waals surface area contributed by atoms with E-state index >= 15 is 0 Å². The van der Waals surface area contributed by atoms with Crippen LogP contribution in [0.4, 0.5) is 24.5 Å². The number of alkyl halides is 3. The molecule has 3 aromatic rings. The Morgan fingerprint density at radius 3 is 2.37 bits per heavy atom. The third-order valence-corrected chi connectivity index (χ3v) is 7.28. The molecule has 3 aromatic carbocycles. The van der Waals surface area contributed by atoms with Gasteiger partial charge in [0.1, 0.15) is 11.9 Å². The Morgan fingerprint density at radius 2 is 1.73 bits per heavy atom. The second kappa shape index (κ2) is 11.2. The van der Waals surface area contributed by atoms with Crippen LogP contribution in [-0.4, -0.2) is 29.6 Å². The summed E-state index contributed by atoms with van der Waals surface area (Å²) in [5.74, 6) is -0.250. The molecule has 6 nitrogen and oxygen atoms in total. The molecule has 2 aliphatic rings. The number of allylic oxidation sites excluding steroid dienone is 2. The van der Waals surface area contributed by atoms with Crippen LogP contribution in [0.25, 0.3) is 5.57 Å². The second-order valence-corrected chi connectivity index (χ2v) is 10.7. The van der Waals surface area contributed by atoms with Gasteiger partial charge in [0.2, 0.25) is 5.91 Å². The first-order valence-electron chi connectivity index (χ1n) is 13.2. The SMILES string of the molecule is CC1(COc2ccc(/C(=C/C=C/C(=O)Nc3cccc4c3CC(O)C(=O)N4)c3ccc(C(F)(F)F)cc3)cc2)CC1. The number of halogens is 3. The molecular formula is C32H29F3N2O4. The Bertz CT molecular complexity index is 1510. The minimum absolute atomic E-state index is 0.0677. The van der Waals surface area contributed by atoms with Gasteiger partial charge in [0, 0.05) is 34.9 Å². The summed E-state index contributed by atoms with van der Waals surface area (Å²) in [5, 5.41) is 15.3. The fourth-order valence-corrected chi connectivity index (χ4v) is 4.49. The number of nitrogens with one attached hydrogen (secondary N) is 2. The van der Waals surface area contributed by atoms with Crippen LogP contribution < -0.4 is 15.4 Å². The van der Waals surface area contributed by atoms with E-state index in [0.717, 1.165) is 30.5 Å². The van der Waals surface area contributed by atoms with E-state index in [2.05, 4.69) is 17.6 Å². The first-order valence-corrected chi connectivity index (χ1v) is 13.2. The molecule has 0 aromatic heterocycles. The summed E-state index contributed by atoms with van der Waals surface area (Å²) in [4.78, 5) is 24.5. The predicted molar refractivity (Wildman–Crippen MR) is 150 cm³/mol. The number of hydrogen-bond acceptors (Lipinski definition) is 4. The summed E-state index contributed by atoms with van der Waals surface area (Å²) in [7, 11) is 0. The highest BCUT2D eigenvalue weighted by Gasteiger charge is 2.38. The molecule has 1 aliphatic carbocycles. The van der Waals surface area contributed by atoms with Crippen LogP contribution in [0.3, 0.4) is 0 Å². The summed E-state index contributed by atoms with van der Waals surface area (Å²) in [6, 6.07) is 17.2. The Labute approximate surface area is 235 Å². The Kier molecular flexibility index (Phi) is 7.73. The largest absolute Gasteiger partial charge is 0.493 e. The smallest absolute Gasteiger partial charge is 0.416 e. The number of benzene rings is 3. The molecule has 1 heterocycles. The highest BCUT2D eigenvalue weighted by atomic mass is 19.4. The minimum atomic E-state index is -4.45. The van der Waals surface area contributed by atoms with Crippen LogP contribution in [0.2, 0.25) is 0 Å². The van der Waals surface area contributed by atoms with Crippen LogP contribution >= 0.6 is 0 Å². The number of hydrogen-bond donors (Lipinski definition) is 3.